The van der Waals surface area contributed by atoms with Crippen molar-refractivity contribution in [2.75, 3.05) is 0 Å². The van der Waals surface area contributed by atoms with E-state index < -0.39 is 31.8 Å². The second-order valence-electron chi connectivity index (χ2n) is 11.5. The normalized spacial score (nSPS) is 22.4. The quantitative estimate of drug-likeness (QED) is 0.316. The number of sulfone groups is 1. The van der Waals surface area contributed by atoms with Gasteiger partial charge in [0.05, 0.1) is 4.90 Å². The van der Waals surface area contributed by atoms with Gasteiger partial charge in [0.25, 0.3) is 9.84 Å². The van der Waals surface area contributed by atoms with Crippen LogP contribution in [0.1, 0.15) is 138 Å². The van der Waals surface area contributed by atoms with Gasteiger partial charge in [-0.15, -0.1) is 0 Å². The summed E-state index contributed by atoms with van der Waals surface area (Å²) in [6.07, 6.45) is 12.1. The first-order valence-electron chi connectivity index (χ1n) is 13.8. The maximum Gasteiger partial charge on any atom is 0.417 e. The highest BCUT2D eigenvalue weighted by atomic mass is 32.2. The Balaban J connectivity index is 1.97. The van der Waals surface area contributed by atoms with Crippen LogP contribution >= 0.6 is 0 Å². The molecular formula is C28H38F6O2S. The van der Waals surface area contributed by atoms with Crippen LogP contribution < -0.4 is 0 Å². The highest BCUT2D eigenvalue weighted by Crippen LogP contribution is 2.54. The van der Waals surface area contributed by atoms with Crippen LogP contribution in [0.4, 0.5) is 26.3 Å². The fraction of sp³-hybridized carbons (Fsp3) is 0.786. The number of rotatable bonds is 7. The van der Waals surface area contributed by atoms with E-state index in [9.17, 15) is 26.0 Å². The molecule has 4 rings (SSSR count). The third-order valence-corrected chi connectivity index (χ3v) is 10.8. The van der Waals surface area contributed by atoms with Crippen molar-refractivity contribution in [1.82, 2.24) is 0 Å². The fourth-order valence-electron chi connectivity index (χ4n) is 6.67. The molecule has 0 atom stereocenters. The van der Waals surface area contributed by atoms with Crippen LogP contribution in [0.5, 0.6) is 0 Å². The van der Waals surface area contributed by atoms with E-state index in [4.69, 9.17) is 0 Å². The van der Waals surface area contributed by atoms with Crippen molar-refractivity contribution in [2.45, 2.75) is 143 Å². The van der Waals surface area contributed by atoms with Gasteiger partial charge < -0.3 is 0 Å². The van der Waals surface area contributed by atoms with E-state index in [1.54, 1.807) is 12.1 Å². The Kier molecular flexibility index (Phi) is 8.33. The third kappa shape index (κ3) is 5.31. The second kappa shape index (κ2) is 10.7. The van der Waals surface area contributed by atoms with Crippen molar-refractivity contribution in [3.63, 3.8) is 0 Å². The lowest BCUT2D eigenvalue weighted by atomic mass is 9.76. The SMILES string of the molecule is CC(F)(F)C(F)(F)C(F)(F)S(=O)(=O)c1c(C2CCCCC2)cc(C2CCCCC2)cc1C1CCCCC1. The lowest BCUT2D eigenvalue weighted by Gasteiger charge is -2.35. The van der Waals surface area contributed by atoms with Crippen molar-refractivity contribution in [3.05, 3.63) is 28.8 Å². The number of hydrogen-bond acceptors (Lipinski definition) is 2. The molecular weight excluding hydrogens is 514 g/mol. The van der Waals surface area contributed by atoms with Gasteiger partial charge in [-0.2, -0.15) is 26.3 Å². The predicted molar refractivity (Wildman–Crippen MR) is 132 cm³/mol. The van der Waals surface area contributed by atoms with Gasteiger partial charge in [-0.05, 0) is 73.0 Å². The fourth-order valence-corrected chi connectivity index (χ4v) is 8.51. The van der Waals surface area contributed by atoms with Crippen molar-refractivity contribution in [3.8, 4) is 0 Å². The van der Waals surface area contributed by atoms with E-state index in [1.165, 1.54) is 0 Å². The van der Waals surface area contributed by atoms with Gasteiger partial charge in [-0.25, -0.2) is 8.42 Å². The molecule has 0 saturated heterocycles. The molecule has 0 N–H and O–H groups in total. The Morgan fingerprint density at radius 1 is 0.622 bits per heavy atom. The molecule has 0 bridgehead atoms. The molecule has 0 aliphatic heterocycles. The molecule has 37 heavy (non-hydrogen) atoms. The molecule has 2 nitrogen and oxygen atoms in total. The minimum atomic E-state index is -6.15. The Hall–Kier alpha value is -1.25. The van der Waals surface area contributed by atoms with Gasteiger partial charge in [0.1, 0.15) is 0 Å². The smallest absolute Gasteiger partial charge is 0.217 e. The molecule has 0 heterocycles. The van der Waals surface area contributed by atoms with Gasteiger partial charge in [0.15, 0.2) is 0 Å². The van der Waals surface area contributed by atoms with Crippen LogP contribution in [-0.4, -0.2) is 25.5 Å². The summed E-state index contributed by atoms with van der Waals surface area (Å²) in [5, 5.41) is -5.96. The third-order valence-electron chi connectivity index (χ3n) is 8.86. The molecule has 9 heteroatoms. The van der Waals surface area contributed by atoms with Crippen molar-refractivity contribution in [2.24, 2.45) is 0 Å². The van der Waals surface area contributed by atoms with E-state index in [-0.39, 0.29) is 35.8 Å². The average Bonchev–Trinajstić information content (AvgIpc) is 2.88. The molecule has 3 aliphatic rings. The molecule has 3 aliphatic carbocycles. The summed E-state index contributed by atoms with van der Waals surface area (Å²) in [4.78, 5) is -0.792. The molecule has 0 spiro atoms. The van der Waals surface area contributed by atoms with E-state index in [0.717, 1.165) is 76.2 Å². The standard InChI is InChI=1S/C28H38F6O2S/c1-26(29,30)27(31,32)28(33,34)37(35,36)25-23(20-13-7-3-8-14-20)17-22(19-11-5-2-6-12-19)18-24(25)21-15-9-4-10-16-21/h17-21H,2-16H2,1H3. The van der Waals surface area contributed by atoms with Crippen LogP contribution in [0.3, 0.4) is 0 Å². The van der Waals surface area contributed by atoms with Crippen LogP contribution in [0, 0.1) is 0 Å². The van der Waals surface area contributed by atoms with Gasteiger partial charge in [0, 0.05) is 6.92 Å². The molecule has 1 aromatic carbocycles. The van der Waals surface area contributed by atoms with Crippen LogP contribution in [0.15, 0.2) is 17.0 Å². The van der Waals surface area contributed by atoms with Gasteiger partial charge >= 0.3 is 17.1 Å². The molecule has 3 fully saturated rings. The Morgan fingerprint density at radius 3 is 1.32 bits per heavy atom. The number of alkyl halides is 6. The largest absolute Gasteiger partial charge is 0.417 e. The summed E-state index contributed by atoms with van der Waals surface area (Å²) in [5.41, 5.74) is 1.19. The van der Waals surface area contributed by atoms with E-state index >= 15 is 8.78 Å². The number of benzene rings is 1. The topological polar surface area (TPSA) is 34.1 Å². The monoisotopic (exact) mass is 552 g/mol. The molecule has 1 aromatic rings. The maximum absolute atomic E-state index is 15.3. The summed E-state index contributed by atoms with van der Waals surface area (Å²) < 4.78 is 114. The highest BCUT2D eigenvalue weighted by molar-refractivity contribution is 7.92. The molecule has 0 aromatic heterocycles. The maximum atomic E-state index is 15.3. The zero-order chi connectivity index (χ0) is 27.1. The molecule has 0 amide bonds. The lowest BCUT2D eigenvalue weighted by Crippen LogP contribution is -2.56. The van der Waals surface area contributed by atoms with Crippen molar-refractivity contribution < 1.29 is 34.8 Å². The average molecular weight is 553 g/mol. The zero-order valence-corrected chi connectivity index (χ0v) is 22.3. The summed E-state index contributed by atoms with van der Waals surface area (Å²) >= 11 is 0. The summed E-state index contributed by atoms with van der Waals surface area (Å²) in [7, 11) is -6.15. The molecule has 3 saturated carbocycles. The highest BCUT2D eigenvalue weighted by Gasteiger charge is 2.76. The first kappa shape index (κ1) is 28.8. The second-order valence-corrected chi connectivity index (χ2v) is 13.4. The van der Waals surface area contributed by atoms with Crippen molar-refractivity contribution >= 4 is 9.84 Å². The molecule has 0 unspecified atom stereocenters. The minimum Gasteiger partial charge on any atom is -0.217 e. The Labute approximate surface area is 216 Å². The molecule has 0 radical (unpaired) electrons. The van der Waals surface area contributed by atoms with E-state index in [1.807, 2.05) is 0 Å². The van der Waals surface area contributed by atoms with Crippen LogP contribution in [-0.2, 0) is 9.84 Å². The van der Waals surface area contributed by atoms with Gasteiger partial charge in [-0.3, -0.25) is 0 Å². The first-order chi connectivity index (χ1) is 17.3. The Morgan fingerprint density at radius 2 is 0.973 bits per heavy atom. The van der Waals surface area contributed by atoms with E-state index in [2.05, 4.69) is 0 Å². The first-order valence-corrected chi connectivity index (χ1v) is 15.3. The van der Waals surface area contributed by atoms with Crippen LogP contribution in [0.2, 0.25) is 0 Å². The minimum absolute atomic E-state index is 0.150. The summed E-state index contributed by atoms with van der Waals surface area (Å²) in [6, 6.07) is 3.31. The summed E-state index contributed by atoms with van der Waals surface area (Å²) in [6.45, 7) is -0.354. The Bertz CT molecular complexity index is 1010. The van der Waals surface area contributed by atoms with Gasteiger partial charge in [-0.1, -0.05) is 69.9 Å². The predicted octanol–water partition coefficient (Wildman–Crippen LogP) is 9.49. The van der Waals surface area contributed by atoms with Gasteiger partial charge in [0.2, 0.25) is 0 Å². The lowest BCUT2D eigenvalue weighted by molar-refractivity contribution is -0.271. The number of halogens is 6. The summed E-state index contributed by atoms with van der Waals surface area (Å²) in [5.74, 6) is -11.9. The zero-order valence-electron chi connectivity index (χ0n) is 21.5. The van der Waals surface area contributed by atoms with Crippen LogP contribution in [0.25, 0.3) is 0 Å². The van der Waals surface area contributed by atoms with E-state index in [0.29, 0.717) is 25.7 Å². The number of hydrogen-bond donors (Lipinski definition) is 0. The van der Waals surface area contributed by atoms with Crippen molar-refractivity contribution in [1.29, 1.82) is 0 Å². The molecule has 210 valence electrons.